The SMILES string of the molecule is O=C(O)CCC(CSc1ccc(Cc2ccccc2)cc1)NC(=O)CCOCCCc1ccccc1. The Labute approximate surface area is 218 Å². The van der Waals surface area contributed by atoms with Crippen molar-refractivity contribution in [3.63, 3.8) is 0 Å². The summed E-state index contributed by atoms with van der Waals surface area (Å²) in [5, 5.41) is 12.1. The predicted molar refractivity (Wildman–Crippen MR) is 145 cm³/mol. The third-order valence-corrected chi connectivity index (χ3v) is 6.94. The Morgan fingerprint density at radius 2 is 1.44 bits per heavy atom. The molecule has 3 aromatic rings. The fourth-order valence-corrected chi connectivity index (χ4v) is 4.79. The second-order valence-corrected chi connectivity index (χ2v) is 9.86. The van der Waals surface area contributed by atoms with Crippen molar-refractivity contribution >= 4 is 23.6 Å². The number of aryl methyl sites for hydroxylation is 1. The van der Waals surface area contributed by atoms with Crippen molar-refractivity contribution < 1.29 is 19.4 Å². The number of ether oxygens (including phenoxy) is 1. The van der Waals surface area contributed by atoms with E-state index in [1.54, 1.807) is 11.8 Å². The second kappa shape index (κ2) is 15.8. The quantitative estimate of drug-likeness (QED) is 0.191. The first kappa shape index (κ1) is 27.5. The maximum Gasteiger partial charge on any atom is 0.303 e. The van der Waals surface area contributed by atoms with Crippen LogP contribution in [0, 0.1) is 0 Å². The first-order valence-corrected chi connectivity index (χ1v) is 13.5. The molecule has 0 radical (unpaired) electrons. The van der Waals surface area contributed by atoms with Gasteiger partial charge < -0.3 is 15.2 Å². The molecule has 1 amide bonds. The maximum atomic E-state index is 12.4. The predicted octanol–water partition coefficient (Wildman–Crippen LogP) is 5.76. The van der Waals surface area contributed by atoms with E-state index in [9.17, 15) is 9.59 Å². The molecule has 0 fully saturated rings. The number of benzene rings is 3. The van der Waals surface area contributed by atoms with Crippen LogP contribution in [0.15, 0.2) is 89.8 Å². The van der Waals surface area contributed by atoms with Crippen LogP contribution in [-0.2, 0) is 27.2 Å². The molecule has 0 spiro atoms. The number of carboxylic acids is 1. The van der Waals surface area contributed by atoms with Gasteiger partial charge in [0.2, 0.25) is 5.91 Å². The molecule has 3 aromatic carbocycles. The molecule has 190 valence electrons. The van der Waals surface area contributed by atoms with Gasteiger partial charge in [0.15, 0.2) is 0 Å². The first-order valence-electron chi connectivity index (χ1n) is 12.5. The Hall–Kier alpha value is -3.09. The molecular weight excluding hydrogens is 470 g/mol. The molecule has 2 N–H and O–H groups in total. The van der Waals surface area contributed by atoms with Gasteiger partial charge in [-0.15, -0.1) is 11.8 Å². The number of carbonyl (C=O) groups excluding carboxylic acids is 1. The van der Waals surface area contributed by atoms with Crippen molar-refractivity contribution in [2.45, 2.75) is 49.5 Å². The summed E-state index contributed by atoms with van der Waals surface area (Å²) in [5.74, 6) is -0.340. The number of thioether (sulfide) groups is 1. The summed E-state index contributed by atoms with van der Waals surface area (Å²) >= 11 is 1.63. The average molecular weight is 506 g/mol. The van der Waals surface area contributed by atoms with E-state index in [2.05, 4.69) is 53.8 Å². The molecule has 0 saturated heterocycles. The van der Waals surface area contributed by atoms with Gasteiger partial charge in [-0.25, -0.2) is 0 Å². The lowest BCUT2D eigenvalue weighted by Gasteiger charge is -2.18. The largest absolute Gasteiger partial charge is 0.481 e. The Bertz CT molecular complexity index is 1040. The Balaban J connectivity index is 1.38. The molecule has 0 saturated carbocycles. The summed E-state index contributed by atoms with van der Waals surface area (Å²) in [7, 11) is 0. The lowest BCUT2D eigenvalue weighted by Crippen LogP contribution is -2.37. The van der Waals surface area contributed by atoms with E-state index in [0.717, 1.165) is 24.2 Å². The highest BCUT2D eigenvalue weighted by atomic mass is 32.2. The van der Waals surface area contributed by atoms with Crippen LogP contribution in [0.25, 0.3) is 0 Å². The van der Waals surface area contributed by atoms with Crippen LogP contribution in [0.3, 0.4) is 0 Å². The highest BCUT2D eigenvalue weighted by Crippen LogP contribution is 2.22. The van der Waals surface area contributed by atoms with Crippen molar-refractivity contribution in [3.05, 3.63) is 102 Å². The van der Waals surface area contributed by atoms with Crippen molar-refractivity contribution in [1.29, 1.82) is 0 Å². The van der Waals surface area contributed by atoms with Crippen molar-refractivity contribution in [1.82, 2.24) is 5.32 Å². The van der Waals surface area contributed by atoms with Crippen molar-refractivity contribution in [2.24, 2.45) is 0 Å². The molecule has 6 heteroatoms. The van der Waals surface area contributed by atoms with E-state index in [0.29, 0.717) is 25.4 Å². The molecule has 5 nitrogen and oxygen atoms in total. The minimum atomic E-state index is -0.855. The molecule has 1 atom stereocenters. The third-order valence-electron chi connectivity index (χ3n) is 5.77. The number of aliphatic carboxylic acids is 1. The van der Waals surface area contributed by atoms with Gasteiger partial charge in [0.25, 0.3) is 0 Å². The number of amides is 1. The minimum absolute atomic E-state index is 0.0253. The zero-order valence-electron chi connectivity index (χ0n) is 20.6. The fraction of sp³-hybridized carbons (Fsp3) is 0.333. The number of hydrogen-bond acceptors (Lipinski definition) is 4. The molecule has 36 heavy (non-hydrogen) atoms. The number of nitrogens with one attached hydrogen (secondary N) is 1. The molecule has 0 bridgehead atoms. The summed E-state index contributed by atoms with van der Waals surface area (Å²) in [6, 6.07) is 28.8. The zero-order valence-corrected chi connectivity index (χ0v) is 21.4. The topological polar surface area (TPSA) is 75.6 Å². The highest BCUT2D eigenvalue weighted by Gasteiger charge is 2.15. The summed E-state index contributed by atoms with van der Waals surface area (Å²) in [6.45, 7) is 0.975. The van der Waals surface area contributed by atoms with E-state index < -0.39 is 5.97 Å². The van der Waals surface area contributed by atoms with Crippen LogP contribution in [-0.4, -0.2) is 42.0 Å². The number of hydrogen-bond donors (Lipinski definition) is 2. The lowest BCUT2D eigenvalue weighted by atomic mass is 10.1. The van der Waals surface area contributed by atoms with E-state index in [1.807, 2.05) is 36.4 Å². The van der Waals surface area contributed by atoms with Crippen LogP contribution < -0.4 is 5.32 Å². The van der Waals surface area contributed by atoms with Gasteiger partial charge in [-0.2, -0.15) is 0 Å². The van der Waals surface area contributed by atoms with Gasteiger partial charge in [0, 0.05) is 36.1 Å². The highest BCUT2D eigenvalue weighted by molar-refractivity contribution is 7.99. The molecular formula is C30H35NO4S. The van der Waals surface area contributed by atoms with Crippen molar-refractivity contribution in [3.8, 4) is 0 Å². The van der Waals surface area contributed by atoms with Crippen LogP contribution in [0.2, 0.25) is 0 Å². The van der Waals surface area contributed by atoms with E-state index >= 15 is 0 Å². The summed E-state index contributed by atoms with van der Waals surface area (Å²) < 4.78 is 5.63. The van der Waals surface area contributed by atoms with Gasteiger partial charge in [0.1, 0.15) is 0 Å². The smallest absolute Gasteiger partial charge is 0.303 e. The first-order chi connectivity index (χ1) is 17.6. The van der Waals surface area contributed by atoms with Crippen LogP contribution >= 0.6 is 11.8 Å². The van der Waals surface area contributed by atoms with Crippen LogP contribution in [0.5, 0.6) is 0 Å². The molecule has 0 aliphatic heterocycles. The fourth-order valence-electron chi connectivity index (χ4n) is 3.82. The number of carbonyl (C=O) groups is 2. The minimum Gasteiger partial charge on any atom is -0.481 e. The second-order valence-electron chi connectivity index (χ2n) is 8.77. The molecule has 0 aliphatic rings. The normalized spacial score (nSPS) is 11.7. The Kier molecular flexibility index (Phi) is 12.1. The van der Waals surface area contributed by atoms with E-state index in [4.69, 9.17) is 9.84 Å². The van der Waals surface area contributed by atoms with Gasteiger partial charge in [0.05, 0.1) is 6.61 Å². The summed E-state index contributed by atoms with van der Waals surface area (Å²) in [4.78, 5) is 24.6. The molecule has 0 aliphatic carbocycles. The van der Waals surface area contributed by atoms with Crippen LogP contribution in [0.4, 0.5) is 0 Å². The van der Waals surface area contributed by atoms with E-state index in [-0.39, 0.29) is 24.8 Å². The zero-order chi connectivity index (χ0) is 25.4. The molecule has 1 unspecified atom stereocenters. The monoisotopic (exact) mass is 505 g/mol. The van der Waals surface area contributed by atoms with Crippen molar-refractivity contribution in [2.75, 3.05) is 19.0 Å². The number of carboxylic acid groups (broad SMARTS) is 1. The Morgan fingerprint density at radius 1 is 0.806 bits per heavy atom. The molecule has 0 aromatic heterocycles. The van der Waals surface area contributed by atoms with Gasteiger partial charge in [-0.3, -0.25) is 9.59 Å². The van der Waals surface area contributed by atoms with Gasteiger partial charge in [-0.05, 0) is 54.5 Å². The van der Waals surface area contributed by atoms with Crippen LogP contribution in [0.1, 0.15) is 42.4 Å². The maximum absolute atomic E-state index is 12.4. The third kappa shape index (κ3) is 11.1. The standard InChI is InChI=1S/C30H35NO4S/c32-29(19-21-35-20-7-12-24-8-3-1-4-9-24)31-27(15-18-30(33)34)23-36-28-16-13-26(14-17-28)22-25-10-5-2-6-11-25/h1-6,8-11,13-14,16-17,27H,7,12,15,18-23H2,(H,31,32)(H,33,34). The van der Waals surface area contributed by atoms with E-state index in [1.165, 1.54) is 16.7 Å². The summed E-state index contributed by atoms with van der Waals surface area (Å²) in [5.41, 5.74) is 3.79. The summed E-state index contributed by atoms with van der Waals surface area (Å²) in [6.07, 6.45) is 3.45. The lowest BCUT2D eigenvalue weighted by molar-refractivity contribution is -0.137. The Morgan fingerprint density at radius 3 is 2.11 bits per heavy atom. The van der Waals surface area contributed by atoms with Gasteiger partial charge in [-0.1, -0.05) is 72.8 Å². The van der Waals surface area contributed by atoms with Gasteiger partial charge >= 0.3 is 5.97 Å². The molecule has 0 heterocycles. The average Bonchev–Trinajstić information content (AvgIpc) is 2.89. The molecule has 3 rings (SSSR count). The number of rotatable bonds is 16.